The van der Waals surface area contributed by atoms with Crippen molar-refractivity contribution >= 4 is 22.7 Å². The van der Waals surface area contributed by atoms with E-state index in [2.05, 4.69) is 18.8 Å². The van der Waals surface area contributed by atoms with Gasteiger partial charge in [0.05, 0.1) is 18.8 Å². The molecule has 2 rings (SSSR count). The van der Waals surface area contributed by atoms with E-state index in [1.807, 2.05) is 24.3 Å². The number of pyridine rings is 1. The van der Waals surface area contributed by atoms with Crippen molar-refractivity contribution in [3.05, 3.63) is 41.7 Å². The largest absolute Gasteiger partial charge is 0.462 e. The highest BCUT2D eigenvalue weighted by atomic mass is 16.5. The van der Waals surface area contributed by atoms with Crippen LogP contribution < -0.4 is 0 Å². The fraction of sp³-hybridized carbons (Fsp3) is 0.744. The summed E-state index contributed by atoms with van der Waals surface area (Å²) in [7, 11) is 0. The summed E-state index contributed by atoms with van der Waals surface area (Å²) in [5.41, 5.74) is 0.666. The summed E-state index contributed by atoms with van der Waals surface area (Å²) in [4.78, 5) is 30.2. The van der Waals surface area contributed by atoms with Crippen molar-refractivity contribution in [1.29, 1.82) is 0 Å². The van der Waals surface area contributed by atoms with Gasteiger partial charge in [0.15, 0.2) is 5.69 Å². The summed E-state index contributed by atoms with van der Waals surface area (Å²) in [5.74, 6) is -0.807. The predicted octanol–water partition coefficient (Wildman–Crippen LogP) is 13.5. The van der Waals surface area contributed by atoms with Crippen LogP contribution in [0.3, 0.4) is 0 Å². The van der Waals surface area contributed by atoms with Crippen LogP contribution in [0.25, 0.3) is 10.8 Å². The van der Waals surface area contributed by atoms with Gasteiger partial charge in [0.25, 0.3) is 0 Å². The Morgan fingerprint density at radius 1 is 0.458 bits per heavy atom. The van der Waals surface area contributed by atoms with Crippen LogP contribution in [0.15, 0.2) is 30.5 Å². The van der Waals surface area contributed by atoms with Crippen molar-refractivity contribution in [3.63, 3.8) is 0 Å². The number of aromatic nitrogens is 1. The molecule has 48 heavy (non-hydrogen) atoms. The Morgan fingerprint density at radius 3 is 1.19 bits per heavy atom. The van der Waals surface area contributed by atoms with Gasteiger partial charge in [-0.3, -0.25) is 0 Å². The van der Waals surface area contributed by atoms with Crippen LogP contribution in [0.5, 0.6) is 0 Å². The standard InChI is InChI=1S/C43H71NO4/c1-3-5-7-9-11-13-15-17-19-21-23-25-27-31-35-47-42(45)40-37-44-41(39-34-30-29-33-38(39)40)43(46)48-36-32-28-26-24-22-20-18-16-14-12-10-8-6-4-2/h29-30,33-34,37H,3-28,31-32,35-36H2,1-2H3. The molecule has 0 radical (unpaired) electrons. The van der Waals surface area contributed by atoms with Crippen LogP contribution in [0, 0.1) is 0 Å². The monoisotopic (exact) mass is 666 g/mol. The average Bonchev–Trinajstić information content (AvgIpc) is 3.10. The van der Waals surface area contributed by atoms with Gasteiger partial charge in [-0.25, -0.2) is 14.6 Å². The second-order valence-corrected chi connectivity index (χ2v) is 14.0. The predicted molar refractivity (Wildman–Crippen MR) is 203 cm³/mol. The number of unbranched alkanes of at least 4 members (excludes halogenated alkanes) is 26. The van der Waals surface area contributed by atoms with Crippen LogP contribution in [-0.4, -0.2) is 30.1 Å². The number of rotatable bonds is 32. The van der Waals surface area contributed by atoms with Crippen molar-refractivity contribution in [1.82, 2.24) is 4.98 Å². The lowest BCUT2D eigenvalue weighted by Gasteiger charge is -2.11. The first kappa shape index (κ1) is 41.7. The molecule has 0 aliphatic carbocycles. The van der Waals surface area contributed by atoms with E-state index >= 15 is 0 Å². The normalized spacial score (nSPS) is 11.3. The SMILES string of the molecule is CCCCCCCCCCCCCCCCOC(=O)c1cnc(C(=O)OCCCCCCCCCCCCCCCC)c2ccccc12. The van der Waals surface area contributed by atoms with Gasteiger partial charge in [-0.15, -0.1) is 0 Å². The molecule has 1 aromatic carbocycles. The van der Waals surface area contributed by atoms with Gasteiger partial charge in [0.2, 0.25) is 0 Å². The average molecular weight is 666 g/mol. The highest BCUT2D eigenvalue weighted by Crippen LogP contribution is 2.23. The van der Waals surface area contributed by atoms with E-state index < -0.39 is 5.97 Å². The van der Waals surface area contributed by atoms with E-state index in [-0.39, 0.29) is 11.7 Å². The molecule has 0 aliphatic rings. The minimum Gasteiger partial charge on any atom is -0.462 e. The number of hydrogen-bond acceptors (Lipinski definition) is 5. The molecule has 0 N–H and O–H groups in total. The summed E-state index contributed by atoms with van der Waals surface area (Å²) in [6, 6.07) is 7.41. The maximum atomic E-state index is 12.9. The topological polar surface area (TPSA) is 65.5 Å². The number of benzene rings is 1. The zero-order valence-electron chi connectivity index (χ0n) is 31.2. The Hall–Kier alpha value is -2.43. The summed E-state index contributed by atoms with van der Waals surface area (Å²) in [6.45, 7) is 5.35. The Kier molecular flexibility index (Phi) is 25.6. The molecule has 0 bridgehead atoms. The second-order valence-electron chi connectivity index (χ2n) is 14.0. The molecule has 0 fully saturated rings. The lowest BCUT2D eigenvalue weighted by molar-refractivity contribution is 0.0481. The number of carbonyl (C=O) groups is 2. The molecule has 0 aliphatic heterocycles. The first-order valence-electron chi connectivity index (χ1n) is 20.4. The molecule has 0 saturated carbocycles. The van der Waals surface area contributed by atoms with Gasteiger partial charge in [-0.1, -0.05) is 205 Å². The van der Waals surface area contributed by atoms with E-state index in [1.54, 1.807) is 0 Å². The van der Waals surface area contributed by atoms with Crippen molar-refractivity contribution in [2.75, 3.05) is 13.2 Å². The Bertz CT molecular complexity index is 999. The van der Waals surface area contributed by atoms with Crippen molar-refractivity contribution in [3.8, 4) is 0 Å². The molecule has 0 atom stereocenters. The van der Waals surface area contributed by atoms with Crippen LogP contribution >= 0.6 is 0 Å². The van der Waals surface area contributed by atoms with Crippen LogP contribution in [0.4, 0.5) is 0 Å². The van der Waals surface area contributed by atoms with Gasteiger partial charge < -0.3 is 9.47 Å². The molecule has 272 valence electrons. The number of nitrogens with zero attached hydrogens (tertiary/aromatic N) is 1. The van der Waals surface area contributed by atoms with E-state index in [0.29, 0.717) is 29.5 Å². The molecule has 0 unspecified atom stereocenters. The zero-order chi connectivity index (χ0) is 34.3. The summed E-state index contributed by atoms with van der Waals surface area (Å²) < 4.78 is 11.2. The molecule has 1 heterocycles. The lowest BCUT2D eigenvalue weighted by atomic mass is 10.0. The molecule has 2 aromatic rings. The third kappa shape index (κ3) is 19.5. The molecular formula is C43H71NO4. The first-order chi connectivity index (χ1) is 23.7. The number of esters is 2. The Balaban J connectivity index is 1.56. The number of fused-ring (bicyclic) bond motifs is 1. The van der Waals surface area contributed by atoms with E-state index in [9.17, 15) is 9.59 Å². The zero-order valence-corrected chi connectivity index (χ0v) is 31.2. The number of ether oxygens (including phenoxy) is 2. The summed E-state index contributed by atoms with van der Waals surface area (Å²) in [6.07, 6.45) is 37.7. The lowest BCUT2D eigenvalue weighted by Crippen LogP contribution is -2.12. The van der Waals surface area contributed by atoms with Gasteiger partial charge in [0.1, 0.15) is 0 Å². The Morgan fingerprint density at radius 2 is 0.792 bits per heavy atom. The molecule has 5 heteroatoms. The van der Waals surface area contributed by atoms with Crippen molar-refractivity contribution in [2.24, 2.45) is 0 Å². The molecule has 0 saturated heterocycles. The minimum absolute atomic E-state index is 0.263. The second kappa shape index (κ2) is 29.5. The minimum atomic E-state index is -0.428. The highest BCUT2D eigenvalue weighted by Gasteiger charge is 2.19. The number of hydrogen-bond donors (Lipinski definition) is 0. The van der Waals surface area contributed by atoms with E-state index in [4.69, 9.17) is 9.47 Å². The molecule has 0 spiro atoms. The van der Waals surface area contributed by atoms with Gasteiger partial charge in [-0.2, -0.15) is 0 Å². The third-order valence-corrected chi connectivity index (χ3v) is 9.67. The quantitative estimate of drug-likeness (QED) is 0.0575. The van der Waals surface area contributed by atoms with Gasteiger partial charge in [-0.05, 0) is 12.8 Å². The maximum absolute atomic E-state index is 12.9. The Labute approximate surface area is 294 Å². The molecule has 1 aromatic heterocycles. The third-order valence-electron chi connectivity index (χ3n) is 9.67. The molecule has 5 nitrogen and oxygen atoms in total. The highest BCUT2D eigenvalue weighted by molar-refractivity contribution is 6.10. The summed E-state index contributed by atoms with van der Waals surface area (Å²) >= 11 is 0. The van der Waals surface area contributed by atoms with E-state index in [0.717, 1.165) is 25.7 Å². The van der Waals surface area contributed by atoms with Crippen molar-refractivity contribution < 1.29 is 19.1 Å². The fourth-order valence-corrected chi connectivity index (χ4v) is 6.59. The van der Waals surface area contributed by atoms with Crippen LogP contribution in [-0.2, 0) is 9.47 Å². The molecule has 0 amide bonds. The smallest absolute Gasteiger partial charge is 0.357 e. The fourth-order valence-electron chi connectivity index (χ4n) is 6.59. The maximum Gasteiger partial charge on any atom is 0.357 e. The van der Waals surface area contributed by atoms with E-state index in [1.165, 1.54) is 160 Å². The van der Waals surface area contributed by atoms with Crippen LogP contribution in [0.2, 0.25) is 0 Å². The van der Waals surface area contributed by atoms with Gasteiger partial charge in [0, 0.05) is 17.0 Å². The summed E-state index contributed by atoms with van der Waals surface area (Å²) in [5, 5.41) is 1.32. The number of carbonyl (C=O) groups excluding carboxylic acids is 2. The van der Waals surface area contributed by atoms with Crippen molar-refractivity contribution in [2.45, 2.75) is 194 Å². The molecular weight excluding hydrogens is 594 g/mol. The first-order valence-corrected chi connectivity index (χ1v) is 20.4. The van der Waals surface area contributed by atoms with Gasteiger partial charge >= 0.3 is 11.9 Å². The van der Waals surface area contributed by atoms with Crippen LogP contribution in [0.1, 0.15) is 214 Å².